The number of anilines is 2. The maximum absolute atomic E-state index is 12.9. The number of amides is 1. The van der Waals surface area contributed by atoms with Gasteiger partial charge >= 0.3 is 0 Å². The summed E-state index contributed by atoms with van der Waals surface area (Å²) >= 11 is 0. The Morgan fingerprint density at radius 3 is 2.46 bits per heavy atom. The lowest BCUT2D eigenvalue weighted by atomic mass is 9.99. The van der Waals surface area contributed by atoms with Gasteiger partial charge in [0.2, 0.25) is 5.91 Å². The van der Waals surface area contributed by atoms with Crippen LogP contribution in [0.15, 0.2) is 59.5 Å². The van der Waals surface area contributed by atoms with Crippen LogP contribution in [0.25, 0.3) is 0 Å². The second-order valence-corrected chi connectivity index (χ2v) is 8.18. The topological polar surface area (TPSA) is 75.7 Å². The Hall–Kier alpha value is -2.38. The standard InChI is InChI=1S/C19H22N2O4S/c1-21(17-7-3-2-4-8-17)26(23,24)18-9-5-6-16(14-18)20-19(22)15-10-12-25-13-11-15/h2-9,14-15H,10-13H2,1H3,(H,20,22). The van der Waals surface area contributed by atoms with Gasteiger partial charge in [-0.25, -0.2) is 8.42 Å². The van der Waals surface area contributed by atoms with Crippen LogP contribution in [-0.4, -0.2) is 34.6 Å². The summed E-state index contributed by atoms with van der Waals surface area (Å²) in [5.41, 5.74) is 1.05. The van der Waals surface area contributed by atoms with Crippen LogP contribution in [0, 0.1) is 5.92 Å². The fourth-order valence-corrected chi connectivity index (χ4v) is 4.12. The number of sulfonamides is 1. The van der Waals surface area contributed by atoms with Crippen molar-refractivity contribution in [2.24, 2.45) is 5.92 Å². The summed E-state index contributed by atoms with van der Waals surface area (Å²) in [7, 11) is -2.20. The quantitative estimate of drug-likeness (QED) is 0.873. The van der Waals surface area contributed by atoms with Gasteiger partial charge in [-0.2, -0.15) is 0 Å². The first-order valence-electron chi connectivity index (χ1n) is 8.51. The molecule has 2 aromatic rings. The first kappa shape index (κ1) is 18.4. The lowest BCUT2D eigenvalue weighted by molar-refractivity contribution is -0.122. The van der Waals surface area contributed by atoms with E-state index in [0.717, 1.165) is 0 Å². The van der Waals surface area contributed by atoms with Gasteiger partial charge in [-0.1, -0.05) is 24.3 Å². The smallest absolute Gasteiger partial charge is 0.264 e. The van der Waals surface area contributed by atoms with Crippen molar-refractivity contribution in [3.8, 4) is 0 Å². The van der Waals surface area contributed by atoms with Crippen molar-refractivity contribution in [3.05, 3.63) is 54.6 Å². The predicted molar refractivity (Wildman–Crippen MR) is 101 cm³/mol. The van der Waals surface area contributed by atoms with Crippen molar-refractivity contribution in [2.45, 2.75) is 17.7 Å². The zero-order valence-corrected chi connectivity index (χ0v) is 15.4. The Bertz CT molecular complexity index is 862. The van der Waals surface area contributed by atoms with Gasteiger partial charge in [0, 0.05) is 31.9 Å². The minimum absolute atomic E-state index is 0.0979. The first-order chi connectivity index (χ1) is 12.5. The first-order valence-corrected chi connectivity index (χ1v) is 9.95. The molecule has 0 spiro atoms. The van der Waals surface area contributed by atoms with E-state index in [1.165, 1.54) is 23.5 Å². The van der Waals surface area contributed by atoms with E-state index in [2.05, 4.69) is 5.32 Å². The van der Waals surface area contributed by atoms with Gasteiger partial charge < -0.3 is 10.1 Å². The molecule has 1 saturated heterocycles. The lowest BCUT2D eigenvalue weighted by Gasteiger charge is -2.22. The number of hydrogen-bond donors (Lipinski definition) is 1. The molecule has 1 N–H and O–H groups in total. The average molecular weight is 374 g/mol. The molecule has 3 rings (SSSR count). The Labute approximate surface area is 153 Å². The third-order valence-electron chi connectivity index (χ3n) is 4.47. The second-order valence-electron chi connectivity index (χ2n) is 6.21. The van der Waals surface area contributed by atoms with Gasteiger partial charge in [0.25, 0.3) is 10.0 Å². The molecule has 26 heavy (non-hydrogen) atoms. The van der Waals surface area contributed by atoms with Crippen molar-refractivity contribution in [1.82, 2.24) is 0 Å². The summed E-state index contributed by atoms with van der Waals surface area (Å²) in [6, 6.07) is 15.2. The van der Waals surface area contributed by atoms with Gasteiger partial charge in [0.05, 0.1) is 10.6 Å². The zero-order chi connectivity index (χ0) is 18.6. The maximum atomic E-state index is 12.9. The lowest BCUT2D eigenvalue weighted by Crippen LogP contribution is -2.29. The number of hydrogen-bond acceptors (Lipinski definition) is 4. The van der Waals surface area contributed by atoms with Gasteiger partial charge in [-0.15, -0.1) is 0 Å². The molecule has 0 atom stereocenters. The van der Waals surface area contributed by atoms with Crippen LogP contribution in [0.5, 0.6) is 0 Å². The average Bonchev–Trinajstić information content (AvgIpc) is 2.69. The molecule has 1 aliphatic rings. The highest BCUT2D eigenvalue weighted by molar-refractivity contribution is 7.92. The minimum atomic E-state index is -3.71. The highest BCUT2D eigenvalue weighted by atomic mass is 32.2. The fraction of sp³-hybridized carbons (Fsp3) is 0.316. The highest BCUT2D eigenvalue weighted by Crippen LogP contribution is 2.24. The summed E-state index contributed by atoms with van der Waals surface area (Å²) in [4.78, 5) is 12.5. The molecule has 0 bridgehead atoms. The van der Waals surface area contributed by atoms with E-state index >= 15 is 0 Å². The van der Waals surface area contributed by atoms with Gasteiger partial charge in [-0.05, 0) is 43.2 Å². The molecule has 0 saturated carbocycles. The molecule has 0 radical (unpaired) electrons. The normalized spacial score (nSPS) is 15.4. The number of nitrogens with zero attached hydrogens (tertiary/aromatic N) is 1. The second kappa shape index (κ2) is 7.88. The van der Waals surface area contributed by atoms with Crippen molar-refractivity contribution in [1.29, 1.82) is 0 Å². The monoisotopic (exact) mass is 374 g/mol. The molecular formula is C19H22N2O4S. The maximum Gasteiger partial charge on any atom is 0.264 e. The minimum Gasteiger partial charge on any atom is -0.381 e. The zero-order valence-electron chi connectivity index (χ0n) is 14.6. The van der Waals surface area contributed by atoms with Crippen LogP contribution in [-0.2, 0) is 19.6 Å². The molecule has 0 aromatic heterocycles. The molecule has 1 amide bonds. The molecule has 2 aromatic carbocycles. The van der Waals surface area contributed by atoms with Crippen molar-refractivity contribution >= 4 is 27.3 Å². The third kappa shape index (κ3) is 4.05. The molecule has 0 aliphatic carbocycles. The van der Waals surface area contributed by atoms with E-state index in [4.69, 9.17) is 4.74 Å². The van der Waals surface area contributed by atoms with Crippen LogP contribution in [0.3, 0.4) is 0 Å². The third-order valence-corrected chi connectivity index (χ3v) is 6.25. The Balaban J connectivity index is 1.79. The van der Waals surface area contributed by atoms with Crippen molar-refractivity contribution in [3.63, 3.8) is 0 Å². The molecule has 1 aliphatic heterocycles. The van der Waals surface area contributed by atoms with Crippen LogP contribution < -0.4 is 9.62 Å². The number of nitrogens with one attached hydrogen (secondary N) is 1. The number of rotatable bonds is 5. The molecule has 1 fully saturated rings. The summed E-state index contributed by atoms with van der Waals surface area (Å²) in [5.74, 6) is -0.199. The number of benzene rings is 2. The van der Waals surface area contributed by atoms with Crippen LogP contribution in [0.2, 0.25) is 0 Å². The fourth-order valence-electron chi connectivity index (χ4n) is 2.87. The van der Waals surface area contributed by atoms with Crippen LogP contribution in [0.4, 0.5) is 11.4 Å². The SMILES string of the molecule is CN(c1ccccc1)S(=O)(=O)c1cccc(NC(=O)C2CCOCC2)c1. The Morgan fingerprint density at radius 1 is 1.08 bits per heavy atom. The summed E-state index contributed by atoms with van der Waals surface area (Å²) in [6.07, 6.45) is 1.36. The number of para-hydroxylation sites is 1. The summed E-state index contributed by atoms with van der Waals surface area (Å²) < 4.78 is 32.2. The van der Waals surface area contributed by atoms with E-state index in [1.54, 1.807) is 36.4 Å². The van der Waals surface area contributed by atoms with E-state index in [-0.39, 0.29) is 16.7 Å². The van der Waals surface area contributed by atoms with E-state index < -0.39 is 10.0 Å². The van der Waals surface area contributed by atoms with Crippen LogP contribution >= 0.6 is 0 Å². The molecular weight excluding hydrogens is 352 g/mol. The summed E-state index contributed by atoms with van der Waals surface area (Å²) in [6.45, 7) is 1.16. The molecule has 0 unspecified atom stereocenters. The van der Waals surface area contributed by atoms with E-state index in [9.17, 15) is 13.2 Å². The van der Waals surface area contributed by atoms with E-state index in [1.807, 2.05) is 6.07 Å². The predicted octanol–water partition coefficient (Wildman–Crippen LogP) is 2.88. The largest absolute Gasteiger partial charge is 0.381 e. The van der Waals surface area contributed by atoms with Crippen molar-refractivity contribution in [2.75, 3.05) is 29.9 Å². The molecule has 6 nitrogen and oxygen atoms in total. The van der Waals surface area contributed by atoms with Crippen LogP contribution in [0.1, 0.15) is 12.8 Å². The highest BCUT2D eigenvalue weighted by Gasteiger charge is 2.24. The Kier molecular flexibility index (Phi) is 5.58. The number of ether oxygens (including phenoxy) is 1. The van der Waals surface area contributed by atoms with Gasteiger partial charge in [-0.3, -0.25) is 9.10 Å². The molecule has 7 heteroatoms. The van der Waals surface area contributed by atoms with Gasteiger partial charge in [0.1, 0.15) is 0 Å². The number of carbonyl (C=O) groups is 1. The summed E-state index contributed by atoms with van der Waals surface area (Å²) in [5, 5.41) is 2.83. The number of carbonyl (C=O) groups excluding carboxylic acids is 1. The molecule has 1 heterocycles. The molecule has 138 valence electrons. The van der Waals surface area contributed by atoms with Crippen molar-refractivity contribution < 1.29 is 17.9 Å². The van der Waals surface area contributed by atoms with E-state index in [0.29, 0.717) is 37.4 Å². The Morgan fingerprint density at radius 2 is 1.77 bits per heavy atom. The van der Waals surface area contributed by atoms with Gasteiger partial charge in [0.15, 0.2) is 0 Å².